The van der Waals surface area contributed by atoms with E-state index in [1.54, 1.807) is 48.8 Å². The van der Waals surface area contributed by atoms with E-state index in [-0.39, 0.29) is 23.3 Å². The lowest BCUT2D eigenvalue weighted by atomic mass is 9.98. The molecule has 1 fully saturated rings. The number of carbonyl (C=O) groups excluding carboxylic acids is 2. The van der Waals surface area contributed by atoms with Crippen LogP contribution in [-0.4, -0.2) is 42.6 Å². The Labute approximate surface area is 203 Å². The van der Waals surface area contributed by atoms with Crippen molar-refractivity contribution in [3.05, 3.63) is 83.6 Å². The zero-order valence-electron chi connectivity index (χ0n) is 18.1. The third kappa shape index (κ3) is 5.44. The van der Waals surface area contributed by atoms with Crippen LogP contribution in [0.5, 0.6) is 0 Å². The number of sulfonamides is 1. The molecule has 176 valence electrons. The molecule has 2 amide bonds. The van der Waals surface area contributed by atoms with E-state index in [2.05, 4.69) is 15.6 Å². The van der Waals surface area contributed by atoms with Crippen molar-refractivity contribution in [1.29, 1.82) is 0 Å². The minimum atomic E-state index is -3.75. The molecular formula is C24H23ClN4O4S. The molecule has 34 heavy (non-hydrogen) atoms. The predicted molar refractivity (Wildman–Crippen MR) is 130 cm³/mol. The summed E-state index contributed by atoms with van der Waals surface area (Å²) in [5.74, 6) is -1.26. The van der Waals surface area contributed by atoms with Crippen molar-refractivity contribution in [3.63, 3.8) is 0 Å². The molecule has 10 heteroatoms. The number of hydrogen-bond acceptors (Lipinski definition) is 5. The molecular weight excluding hydrogens is 476 g/mol. The smallest absolute Gasteiger partial charge is 0.257 e. The molecule has 2 N–H and O–H groups in total. The number of amides is 2. The van der Waals surface area contributed by atoms with Crippen LogP contribution < -0.4 is 10.6 Å². The predicted octanol–water partition coefficient (Wildman–Crippen LogP) is 4.03. The molecule has 0 spiro atoms. The number of rotatable bonds is 6. The summed E-state index contributed by atoms with van der Waals surface area (Å²) in [4.78, 5) is 29.9. The van der Waals surface area contributed by atoms with Gasteiger partial charge in [-0.2, -0.15) is 4.31 Å². The number of piperidine rings is 1. The number of nitrogens with zero attached hydrogens (tertiary/aromatic N) is 2. The van der Waals surface area contributed by atoms with Gasteiger partial charge < -0.3 is 10.6 Å². The van der Waals surface area contributed by atoms with Gasteiger partial charge in [0.15, 0.2) is 0 Å². The van der Waals surface area contributed by atoms with Gasteiger partial charge >= 0.3 is 0 Å². The normalized spacial score (nSPS) is 16.6. The highest BCUT2D eigenvalue weighted by molar-refractivity contribution is 7.89. The summed E-state index contributed by atoms with van der Waals surface area (Å²) in [5.41, 5.74) is 1.24. The number of pyridine rings is 1. The van der Waals surface area contributed by atoms with Crippen LogP contribution in [0.1, 0.15) is 23.2 Å². The Morgan fingerprint density at radius 1 is 0.971 bits per heavy atom. The lowest BCUT2D eigenvalue weighted by Gasteiger charge is -2.31. The van der Waals surface area contributed by atoms with E-state index in [1.165, 1.54) is 28.6 Å². The molecule has 0 radical (unpaired) electrons. The van der Waals surface area contributed by atoms with Crippen LogP contribution >= 0.6 is 11.6 Å². The number of carbonyl (C=O) groups is 2. The van der Waals surface area contributed by atoms with Gasteiger partial charge in [-0.05, 0) is 61.4 Å². The third-order valence-corrected chi connectivity index (χ3v) is 7.71. The highest BCUT2D eigenvalue weighted by atomic mass is 35.5. The fourth-order valence-electron chi connectivity index (χ4n) is 3.79. The number of anilines is 2. The second-order valence-corrected chi connectivity index (χ2v) is 10.3. The summed E-state index contributed by atoms with van der Waals surface area (Å²) in [6.07, 6.45) is 4.23. The molecule has 8 nitrogen and oxygen atoms in total. The van der Waals surface area contributed by atoms with Crippen LogP contribution in [0.2, 0.25) is 5.02 Å². The molecule has 2 heterocycles. The average Bonchev–Trinajstić information content (AvgIpc) is 2.85. The Balaban J connectivity index is 1.47. The summed E-state index contributed by atoms with van der Waals surface area (Å²) in [6.45, 7) is 0.391. The standard InChI is InChI=1S/C24H23ClN4O4S/c25-18-7-9-20(10-8-18)34(32,33)29-15-3-4-17(16-29)23(30)28-22-6-2-1-5-21(22)24(31)27-19-11-13-26-14-12-19/h1-2,5-14,17H,3-4,15-16H2,(H,28,30)(H,26,27,31)/t17-/m1/s1. The second-order valence-electron chi connectivity index (χ2n) is 7.88. The van der Waals surface area contributed by atoms with E-state index in [1.807, 2.05) is 0 Å². The SMILES string of the molecule is O=C(Nc1ccncc1)c1ccccc1NC(=O)[C@@H]1CCCN(S(=O)(=O)c2ccc(Cl)cc2)C1. The van der Waals surface area contributed by atoms with Crippen molar-refractivity contribution in [2.45, 2.75) is 17.7 Å². The highest BCUT2D eigenvalue weighted by Crippen LogP contribution is 2.26. The van der Waals surface area contributed by atoms with Gasteiger partial charge in [-0.25, -0.2) is 8.42 Å². The van der Waals surface area contributed by atoms with Crippen LogP contribution in [0.3, 0.4) is 0 Å². The summed E-state index contributed by atoms with van der Waals surface area (Å²) < 4.78 is 27.4. The van der Waals surface area contributed by atoms with E-state index in [4.69, 9.17) is 11.6 Å². The van der Waals surface area contributed by atoms with E-state index in [0.29, 0.717) is 41.3 Å². The first-order valence-corrected chi connectivity index (χ1v) is 12.5. The minimum Gasteiger partial charge on any atom is -0.325 e. The highest BCUT2D eigenvalue weighted by Gasteiger charge is 2.33. The third-order valence-electron chi connectivity index (χ3n) is 5.57. The number of aromatic nitrogens is 1. The molecule has 1 aromatic heterocycles. The number of halogens is 1. The maximum Gasteiger partial charge on any atom is 0.257 e. The Morgan fingerprint density at radius 3 is 2.41 bits per heavy atom. The van der Waals surface area contributed by atoms with Gasteiger partial charge in [-0.1, -0.05) is 23.7 Å². The van der Waals surface area contributed by atoms with Crippen molar-refractivity contribution in [1.82, 2.24) is 9.29 Å². The van der Waals surface area contributed by atoms with Crippen molar-refractivity contribution in [2.24, 2.45) is 5.92 Å². The van der Waals surface area contributed by atoms with E-state index in [9.17, 15) is 18.0 Å². The van der Waals surface area contributed by atoms with Gasteiger partial charge in [-0.15, -0.1) is 0 Å². The van der Waals surface area contributed by atoms with Gasteiger partial charge in [-0.3, -0.25) is 14.6 Å². The molecule has 1 saturated heterocycles. The first kappa shape index (κ1) is 23.9. The molecule has 0 unspecified atom stereocenters. The van der Waals surface area contributed by atoms with Crippen molar-refractivity contribution < 1.29 is 18.0 Å². The molecule has 0 saturated carbocycles. The molecule has 1 aliphatic rings. The number of para-hydroxylation sites is 1. The van der Waals surface area contributed by atoms with E-state index >= 15 is 0 Å². The van der Waals surface area contributed by atoms with Crippen LogP contribution in [0.4, 0.5) is 11.4 Å². The quantitative estimate of drug-likeness (QED) is 0.533. The van der Waals surface area contributed by atoms with E-state index < -0.39 is 15.9 Å². The zero-order chi connectivity index (χ0) is 24.1. The lowest BCUT2D eigenvalue weighted by molar-refractivity contribution is -0.120. The Bertz CT molecular complexity index is 1280. The number of hydrogen-bond donors (Lipinski definition) is 2. The molecule has 2 aromatic carbocycles. The average molecular weight is 499 g/mol. The molecule has 1 atom stereocenters. The van der Waals surface area contributed by atoms with Gasteiger partial charge in [0, 0.05) is 36.2 Å². The maximum absolute atomic E-state index is 13.1. The Morgan fingerprint density at radius 2 is 1.68 bits per heavy atom. The second kappa shape index (κ2) is 10.3. The van der Waals surface area contributed by atoms with Crippen molar-refractivity contribution in [2.75, 3.05) is 23.7 Å². The van der Waals surface area contributed by atoms with Gasteiger partial charge in [0.25, 0.3) is 5.91 Å². The van der Waals surface area contributed by atoms with Gasteiger partial charge in [0.2, 0.25) is 15.9 Å². The fourth-order valence-corrected chi connectivity index (χ4v) is 5.44. The number of nitrogens with one attached hydrogen (secondary N) is 2. The Kier molecular flexibility index (Phi) is 7.26. The number of benzene rings is 2. The summed E-state index contributed by atoms with van der Waals surface area (Å²) in [7, 11) is -3.75. The molecule has 0 aliphatic carbocycles. The lowest BCUT2D eigenvalue weighted by Crippen LogP contribution is -2.43. The molecule has 4 rings (SSSR count). The van der Waals surface area contributed by atoms with Crippen molar-refractivity contribution >= 4 is 44.8 Å². The molecule has 3 aromatic rings. The maximum atomic E-state index is 13.1. The van der Waals surface area contributed by atoms with E-state index in [0.717, 1.165) is 0 Å². The topological polar surface area (TPSA) is 108 Å². The van der Waals surface area contributed by atoms with Gasteiger partial charge in [0.05, 0.1) is 22.1 Å². The molecule has 0 bridgehead atoms. The first-order chi connectivity index (χ1) is 16.3. The molecule has 1 aliphatic heterocycles. The largest absolute Gasteiger partial charge is 0.325 e. The first-order valence-electron chi connectivity index (χ1n) is 10.7. The van der Waals surface area contributed by atoms with Crippen LogP contribution in [0.25, 0.3) is 0 Å². The summed E-state index contributed by atoms with van der Waals surface area (Å²) >= 11 is 5.88. The monoisotopic (exact) mass is 498 g/mol. The van der Waals surface area contributed by atoms with Crippen LogP contribution in [0, 0.1) is 5.92 Å². The minimum absolute atomic E-state index is 0.0577. The Hall–Kier alpha value is -3.27. The van der Waals surface area contributed by atoms with Crippen LogP contribution in [0.15, 0.2) is 78.0 Å². The van der Waals surface area contributed by atoms with Gasteiger partial charge in [0.1, 0.15) is 0 Å². The fraction of sp³-hybridized carbons (Fsp3) is 0.208. The summed E-state index contributed by atoms with van der Waals surface area (Å²) in [5, 5.41) is 6.03. The van der Waals surface area contributed by atoms with Crippen molar-refractivity contribution in [3.8, 4) is 0 Å². The van der Waals surface area contributed by atoms with Crippen LogP contribution in [-0.2, 0) is 14.8 Å². The summed E-state index contributed by atoms with van der Waals surface area (Å²) in [6, 6.07) is 16.0. The zero-order valence-corrected chi connectivity index (χ0v) is 19.7.